The van der Waals surface area contributed by atoms with Gasteiger partial charge in [0.05, 0.1) is 13.2 Å². The number of nitrogens with two attached hydrogens (primary N) is 1. The molecule has 1 aromatic heterocycles. The minimum absolute atomic E-state index is 0.170. The molecule has 7 heteroatoms. The molecule has 1 amide bonds. The second-order valence-corrected chi connectivity index (χ2v) is 5.12. The smallest absolute Gasteiger partial charge is 0.265 e. The number of hydrogen-bond acceptors (Lipinski definition) is 6. The maximum absolute atomic E-state index is 11.9. The number of hydrogen-bond donors (Lipinski definition) is 2. The first-order valence-electron chi connectivity index (χ1n) is 6.20. The summed E-state index contributed by atoms with van der Waals surface area (Å²) in [6, 6.07) is 0. The number of nitrogens with zero attached hydrogens (tertiary/aromatic N) is 2. The van der Waals surface area contributed by atoms with Crippen LogP contribution < -0.4 is 16.0 Å². The predicted molar refractivity (Wildman–Crippen MR) is 76.7 cm³/mol. The lowest BCUT2D eigenvalue weighted by Crippen LogP contribution is -2.36. The summed E-state index contributed by atoms with van der Waals surface area (Å²) in [5.41, 5.74) is 5.81. The summed E-state index contributed by atoms with van der Waals surface area (Å²) in [5.74, 6) is 0.124. The van der Waals surface area contributed by atoms with Gasteiger partial charge in [-0.05, 0) is 6.42 Å². The largest absolute Gasteiger partial charge is 0.382 e. The van der Waals surface area contributed by atoms with Gasteiger partial charge < -0.3 is 20.7 Å². The fraction of sp³-hybridized carbons (Fsp3) is 0.500. The molecule has 1 aliphatic heterocycles. The summed E-state index contributed by atoms with van der Waals surface area (Å²) in [6.45, 7) is 7.10. The molecule has 6 nitrogen and oxygen atoms in total. The maximum atomic E-state index is 11.9. The molecule has 3 N–H and O–H groups in total. The third kappa shape index (κ3) is 3.45. The van der Waals surface area contributed by atoms with Gasteiger partial charge in [0, 0.05) is 19.6 Å². The molecular weight excluding hydrogens is 264 g/mol. The topological polar surface area (TPSA) is 80.5 Å². The highest BCUT2D eigenvalue weighted by Crippen LogP contribution is 2.28. The molecule has 0 atom stereocenters. The van der Waals surface area contributed by atoms with E-state index in [9.17, 15) is 4.79 Å². The summed E-state index contributed by atoms with van der Waals surface area (Å²) in [7, 11) is 0. The van der Waals surface area contributed by atoms with E-state index in [0.29, 0.717) is 30.5 Å². The number of amides is 1. The summed E-state index contributed by atoms with van der Waals surface area (Å²) >= 11 is 1.33. The second kappa shape index (κ2) is 6.53. The Morgan fingerprint density at radius 1 is 1.58 bits per heavy atom. The van der Waals surface area contributed by atoms with E-state index < -0.39 is 0 Å². The van der Waals surface area contributed by atoms with E-state index in [-0.39, 0.29) is 5.91 Å². The van der Waals surface area contributed by atoms with Crippen molar-refractivity contribution < 1.29 is 9.53 Å². The van der Waals surface area contributed by atoms with E-state index in [2.05, 4.69) is 21.8 Å². The number of rotatable bonds is 5. The Morgan fingerprint density at radius 3 is 3.00 bits per heavy atom. The van der Waals surface area contributed by atoms with E-state index in [1.54, 1.807) is 6.08 Å². The summed E-state index contributed by atoms with van der Waals surface area (Å²) in [4.78, 5) is 18.8. The van der Waals surface area contributed by atoms with Crippen molar-refractivity contribution >= 4 is 28.2 Å². The average molecular weight is 282 g/mol. The molecular formula is C12H18N4O2S. The van der Waals surface area contributed by atoms with Gasteiger partial charge in [-0.2, -0.15) is 0 Å². The Hall–Kier alpha value is -1.60. The SMILES string of the molecule is C=CCCNC(=O)c1sc(N2CCOCC2)nc1N. The molecule has 0 aromatic carbocycles. The fourth-order valence-electron chi connectivity index (χ4n) is 1.74. The number of aromatic nitrogens is 1. The average Bonchev–Trinajstić information content (AvgIpc) is 2.82. The van der Waals surface area contributed by atoms with Crippen LogP contribution in [0.3, 0.4) is 0 Å². The monoisotopic (exact) mass is 282 g/mol. The van der Waals surface area contributed by atoms with E-state index in [0.717, 1.165) is 24.6 Å². The van der Waals surface area contributed by atoms with E-state index in [1.807, 2.05) is 0 Å². The summed E-state index contributed by atoms with van der Waals surface area (Å²) in [6.07, 6.45) is 2.50. The highest BCUT2D eigenvalue weighted by Gasteiger charge is 2.20. The van der Waals surface area contributed by atoms with Crippen molar-refractivity contribution in [3.05, 3.63) is 17.5 Å². The van der Waals surface area contributed by atoms with Crippen LogP contribution in [0.2, 0.25) is 0 Å². The molecule has 1 aliphatic rings. The first-order valence-corrected chi connectivity index (χ1v) is 7.02. The number of anilines is 2. The van der Waals surface area contributed by atoms with Gasteiger partial charge in [0.15, 0.2) is 5.13 Å². The third-order valence-electron chi connectivity index (χ3n) is 2.76. The van der Waals surface area contributed by atoms with Crippen molar-refractivity contribution in [2.24, 2.45) is 0 Å². The highest BCUT2D eigenvalue weighted by atomic mass is 32.1. The minimum Gasteiger partial charge on any atom is -0.382 e. The Balaban J connectivity index is 2.03. The molecule has 2 heterocycles. The van der Waals surface area contributed by atoms with Gasteiger partial charge in [-0.3, -0.25) is 4.79 Å². The Kier molecular flexibility index (Phi) is 4.75. The standard InChI is InChI=1S/C12H18N4O2S/c1-2-3-4-14-11(17)9-10(13)15-12(19-9)16-5-7-18-8-6-16/h2H,1,3-8,13H2,(H,14,17). The number of ether oxygens (including phenoxy) is 1. The van der Waals surface area contributed by atoms with Crippen LogP contribution in [0.5, 0.6) is 0 Å². The van der Waals surface area contributed by atoms with Gasteiger partial charge in [-0.15, -0.1) is 6.58 Å². The van der Waals surface area contributed by atoms with Gasteiger partial charge in [-0.1, -0.05) is 17.4 Å². The molecule has 1 fully saturated rings. The van der Waals surface area contributed by atoms with Crippen molar-refractivity contribution in [3.8, 4) is 0 Å². The first-order chi connectivity index (χ1) is 9.22. The van der Waals surface area contributed by atoms with Crippen LogP contribution in [-0.4, -0.2) is 43.7 Å². The molecule has 0 aliphatic carbocycles. The van der Waals surface area contributed by atoms with Crippen molar-refractivity contribution in [3.63, 3.8) is 0 Å². The van der Waals surface area contributed by atoms with Gasteiger partial charge in [0.25, 0.3) is 5.91 Å². The molecule has 0 bridgehead atoms. The molecule has 104 valence electrons. The number of thiazole rings is 1. The van der Waals surface area contributed by atoms with E-state index in [1.165, 1.54) is 11.3 Å². The van der Waals surface area contributed by atoms with Crippen LogP contribution in [0, 0.1) is 0 Å². The molecule has 1 aromatic rings. The summed E-state index contributed by atoms with van der Waals surface area (Å²) in [5, 5.41) is 3.58. The normalized spacial score (nSPS) is 15.3. The van der Waals surface area contributed by atoms with Gasteiger partial charge in [0.1, 0.15) is 10.7 Å². The zero-order valence-corrected chi connectivity index (χ0v) is 11.5. The Morgan fingerprint density at radius 2 is 2.32 bits per heavy atom. The molecule has 19 heavy (non-hydrogen) atoms. The molecule has 0 radical (unpaired) electrons. The molecule has 2 rings (SSSR count). The van der Waals surface area contributed by atoms with Crippen LogP contribution in [-0.2, 0) is 4.74 Å². The Bertz CT molecular complexity index is 455. The van der Waals surface area contributed by atoms with E-state index >= 15 is 0 Å². The number of morpholine rings is 1. The number of nitrogens with one attached hydrogen (secondary N) is 1. The van der Waals surface area contributed by atoms with Crippen molar-refractivity contribution in [2.75, 3.05) is 43.5 Å². The first kappa shape index (κ1) is 13.8. The lowest BCUT2D eigenvalue weighted by molar-refractivity contribution is 0.0959. The Labute approximate surface area is 116 Å². The number of carbonyl (C=O) groups is 1. The van der Waals surface area contributed by atoms with Crippen LogP contribution >= 0.6 is 11.3 Å². The van der Waals surface area contributed by atoms with E-state index in [4.69, 9.17) is 10.5 Å². The molecule has 0 unspecified atom stereocenters. The van der Waals surface area contributed by atoms with Crippen molar-refractivity contribution in [2.45, 2.75) is 6.42 Å². The second-order valence-electron chi connectivity index (χ2n) is 4.14. The van der Waals surface area contributed by atoms with Crippen LogP contribution in [0.1, 0.15) is 16.1 Å². The van der Waals surface area contributed by atoms with Gasteiger partial charge in [-0.25, -0.2) is 4.98 Å². The quantitative estimate of drug-likeness (QED) is 0.618. The zero-order chi connectivity index (χ0) is 13.7. The number of carbonyl (C=O) groups excluding carboxylic acids is 1. The van der Waals surface area contributed by atoms with Crippen LogP contribution in [0.15, 0.2) is 12.7 Å². The highest BCUT2D eigenvalue weighted by molar-refractivity contribution is 7.18. The molecule has 0 saturated carbocycles. The molecule has 1 saturated heterocycles. The molecule has 0 spiro atoms. The van der Waals surface area contributed by atoms with Crippen molar-refractivity contribution in [1.82, 2.24) is 10.3 Å². The lowest BCUT2D eigenvalue weighted by Gasteiger charge is -2.25. The number of nitrogen functional groups attached to an aromatic ring is 1. The fourth-order valence-corrected chi connectivity index (χ4v) is 2.69. The van der Waals surface area contributed by atoms with Gasteiger partial charge in [0.2, 0.25) is 0 Å². The predicted octanol–water partition coefficient (Wildman–Crippen LogP) is 0.868. The zero-order valence-electron chi connectivity index (χ0n) is 10.7. The van der Waals surface area contributed by atoms with Crippen LogP contribution in [0.4, 0.5) is 10.9 Å². The maximum Gasteiger partial charge on any atom is 0.265 e. The summed E-state index contributed by atoms with van der Waals surface area (Å²) < 4.78 is 5.29. The lowest BCUT2D eigenvalue weighted by atomic mass is 10.4. The minimum atomic E-state index is -0.170. The third-order valence-corrected chi connectivity index (χ3v) is 3.89. The van der Waals surface area contributed by atoms with Crippen molar-refractivity contribution in [1.29, 1.82) is 0 Å². The van der Waals surface area contributed by atoms with Crippen LogP contribution in [0.25, 0.3) is 0 Å². The van der Waals surface area contributed by atoms with Gasteiger partial charge >= 0.3 is 0 Å².